The Morgan fingerprint density at radius 3 is 2.66 bits per heavy atom. The number of halogens is 1. The molecular weight excluding hydrogens is 519 g/mol. The fourth-order valence-corrected chi connectivity index (χ4v) is 3.32. The lowest BCUT2D eigenvalue weighted by Gasteiger charge is -2.17. The Balaban J connectivity index is 0.00000363. The van der Waals surface area contributed by atoms with E-state index in [1.54, 1.807) is 7.05 Å². The van der Waals surface area contributed by atoms with Crippen molar-refractivity contribution in [2.75, 3.05) is 26.8 Å². The highest BCUT2D eigenvalue weighted by molar-refractivity contribution is 14.0. The van der Waals surface area contributed by atoms with Crippen molar-refractivity contribution >= 4 is 35.8 Å². The topological polar surface area (TPSA) is 84.0 Å². The lowest BCUT2D eigenvalue weighted by molar-refractivity contribution is -0.120. The van der Waals surface area contributed by atoms with Crippen LogP contribution in [-0.4, -0.2) is 44.8 Å². The summed E-state index contributed by atoms with van der Waals surface area (Å²) in [5, 5.41) is 9.19. The molecule has 0 aliphatic carbocycles. The quantitative estimate of drug-likeness (QED) is 0.253. The van der Waals surface area contributed by atoms with Crippen molar-refractivity contribution in [1.82, 2.24) is 16.0 Å². The van der Waals surface area contributed by atoms with E-state index in [2.05, 4.69) is 27.0 Å². The molecule has 3 N–H and O–H groups in total. The highest BCUT2D eigenvalue weighted by Gasteiger charge is 2.17. The number of nitrogens with zero attached hydrogens (tertiary/aromatic N) is 1. The van der Waals surface area contributed by atoms with E-state index in [1.807, 2.05) is 49.4 Å². The third-order valence-corrected chi connectivity index (χ3v) is 5.09. The van der Waals surface area contributed by atoms with Crippen LogP contribution in [0.1, 0.15) is 29.5 Å². The van der Waals surface area contributed by atoms with Crippen molar-refractivity contribution < 1.29 is 14.3 Å². The maximum Gasteiger partial charge on any atom is 0.239 e. The van der Waals surface area contributed by atoms with Crippen molar-refractivity contribution in [2.45, 2.75) is 39.0 Å². The van der Waals surface area contributed by atoms with Crippen molar-refractivity contribution in [3.05, 3.63) is 65.2 Å². The van der Waals surface area contributed by atoms with Gasteiger partial charge in [0.2, 0.25) is 5.91 Å². The van der Waals surface area contributed by atoms with Crippen LogP contribution < -0.4 is 20.7 Å². The summed E-state index contributed by atoms with van der Waals surface area (Å²) in [5.74, 6) is 1.31. The number of hydrogen-bond acceptors (Lipinski definition) is 4. The van der Waals surface area contributed by atoms with Crippen LogP contribution >= 0.6 is 24.0 Å². The number of carbonyl (C=O) groups excluding carboxylic acids is 1. The first-order valence-corrected chi connectivity index (χ1v) is 10.7. The van der Waals surface area contributed by atoms with Gasteiger partial charge in [-0.05, 0) is 37.0 Å². The molecule has 0 bridgehead atoms. The number of hydrogen-bond donors (Lipinski definition) is 3. The number of aryl methyl sites for hydroxylation is 1. The number of benzene rings is 2. The monoisotopic (exact) mass is 552 g/mol. The maximum atomic E-state index is 12.1. The fourth-order valence-electron chi connectivity index (χ4n) is 3.32. The fraction of sp³-hybridized carbons (Fsp3) is 0.417. The standard InChI is InChI=1S/C24H32N4O3.HI/c1-18-10-11-20(22(13-18)31-17-21-9-6-12-30-21)15-27-24(25-2)28-16-23(29)26-14-19-7-4-3-5-8-19;/h3-5,7-8,10-11,13,21H,6,9,12,14-17H2,1-2H3,(H,26,29)(H2,25,27,28);1H. The number of guanidine groups is 1. The number of rotatable bonds is 9. The highest BCUT2D eigenvalue weighted by Crippen LogP contribution is 2.22. The number of amides is 1. The molecule has 0 spiro atoms. The number of ether oxygens (including phenoxy) is 2. The molecule has 2 aromatic carbocycles. The molecule has 0 aromatic heterocycles. The SMILES string of the molecule is CN=C(NCC(=O)NCc1ccccc1)NCc1ccc(C)cc1OCC1CCCO1.I. The highest BCUT2D eigenvalue weighted by atomic mass is 127. The smallest absolute Gasteiger partial charge is 0.239 e. The zero-order valence-corrected chi connectivity index (χ0v) is 21.1. The van der Waals surface area contributed by atoms with Crippen LogP contribution in [0.15, 0.2) is 53.5 Å². The van der Waals surface area contributed by atoms with E-state index in [0.717, 1.165) is 41.9 Å². The van der Waals surface area contributed by atoms with Gasteiger partial charge in [0.05, 0.1) is 12.6 Å². The van der Waals surface area contributed by atoms with Gasteiger partial charge in [0.25, 0.3) is 0 Å². The van der Waals surface area contributed by atoms with Gasteiger partial charge in [0.1, 0.15) is 12.4 Å². The molecule has 174 valence electrons. The van der Waals surface area contributed by atoms with Crippen LogP contribution in [0.2, 0.25) is 0 Å². The lowest BCUT2D eigenvalue weighted by Crippen LogP contribution is -2.42. The Kier molecular flexibility index (Phi) is 11.3. The van der Waals surface area contributed by atoms with Gasteiger partial charge in [-0.1, -0.05) is 42.5 Å². The second kappa shape index (κ2) is 13.9. The minimum absolute atomic E-state index is 0. The number of carbonyl (C=O) groups is 1. The van der Waals surface area contributed by atoms with Gasteiger partial charge in [0.15, 0.2) is 5.96 Å². The molecule has 32 heavy (non-hydrogen) atoms. The molecule has 1 unspecified atom stereocenters. The number of aliphatic imine (C=N–C) groups is 1. The molecule has 1 aliphatic heterocycles. The lowest BCUT2D eigenvalue weighted by atomic mass is 10.1. The molecule has 8 heteroatoms. The molecular formula is C24H33IN4O3. The summed E-state index contributed by atoms with van der Waals surface area (Å²) in [6, 6.07) is 16.0. The van der Waals surface area contributed by atoms with Gasteiger partial charge >= 0.3 is 0 Å². The summed E-state index contributed by atoms with van der Waals surface area (Å²) in [5.41, 5.74) is 3.23. The van der Waals surface area contributed by atoms with E-state index in [-0.39, 0.29) is 42.5 Å². The molecule has 1 aliphatic rings. The first-order valence-electron chi connectivity index (χ1n) is 10.7. The Morgan fingerprint density at radius 2 is 1.94 bits per heavy atom. The second-order valence-electron chi connectivity index (χ2n) is 7.60. The first-order chi connectivity index (χ1) is 15.1. The van der Waals surface area contributed by atoms with Crippen molar-refractivity contribution in [3.8, 4) is 5.75 Å². The van der Waals surface area contributed by atoms with Crippen LogP contribution in [0.4, 0.5) is 0 Å². The number of nitrogens with one attached hydrogen (secondary N) is 3. The summed E-state index contributed by atoms with van der Waals surface area (Å²) in [6.07, 6.45) is 2.31. The first kappa shape index (κ1) is 25.9. The average Bonchev–Trinajstić information content (AvgIpc) is 3.32. The molecule has 2 aromatic rings. The molecule has 1 saturated heterocycles. The Hall–Kier alpha value is -2.33. The Bertz CT molecular complexity index is 871. The zero-order chi connectivity index (χ0) is 21.9. The summed E-state index contributed by atoms with van der Waals surface area (Å²) >= 11 is 0. The molecule has 3 rings (SSSR count). The van der Waals surface area contributed by atoms with Crippen LogP contribution in [0, 0.1) is 6.92 Å². The van der Waals surface area contributed by atoms with Gasteiger partial charge in [0, 0.05) is 32.3 Å². The third kappa shape index (κ3) is 8.66. The van der Waals surface area contributed by atoms with Gasteiger partial charge in [-0.25, -0.2) is 0 Å². The van der Waals surface area contributed by atoms with Crippen LogP contribution in [0.25, 0.3) is 0 Å². The van der Waals surface area contributed by atoms with Gasteiger partial charge in [-0.3, -0.25) is 9.79 Å². The van der Waals surface area contributed by atoms with Crippen LogP contribution in [0.5, 0.6) is 5.75 Å². The van der Waals surface area contributed by atoms with Crippen LogP contribution in [0.3, 0.4) is 0 Å². The third-order valence-electron chi connectivity index (χ3n) is 5.09. The molecule has 0 radical (unpaired) electrons. The van der Waals surface area contributed by atoms with Crippen molar-refractivity contribution in [2.24, 2.45) is 4.99 Å². The van der Waals surface area contributed by atoms with E-state index in [9.17, 15) is 4.79 Å². The van der Waals surface area contributed by atoms with Gasteiger partial charge in [-0.15, -0.1) is 24.0 Å². The average molecular weight is 552 g/mol. The molecule has 1 fully saturated rings. The predicted molar refractivity (Wildman–Crippen MR) is 138 cm³/mol. The minimum atomic E-state index is -0.0947. The van der Waals surface area contributed by atoms with Crippen LogP contribution in [-0.2, 0) is 22.6 Å². The maximum absolute atomic E-state index is 12.1. The van der Waals surface area contributed by atoms with E-state index < -0.39 is 0 Å². The Morgan fingerprint density at radius 1 is 1.12 bits per heavy atom. The molecule has 1 atom stereocenters. The normalized spacial score (nSPS) is 15.6. The molecule has 0 saturated carbocycles. The predicted octanol–water partition coefficient (Wildman–Crippen LogP) is 3.15. The minimum Gasteiger partial charge on any atom is -0.491 e. The van der Waals surface area contributed by atoms with Crippen molar-refractivity contribution in [1.29, 1.82) is 0 Å². The largest absolute Gasteiger partial charge is 0.491 e. The Labute approximate surface area is 207 Å². The van der Waals surface area contributed by atoms with E-state index >= 15 is 0 Å². The van der Waals surface area contributed by atoms with Gasteiger partial charge in [-0.2, -0.15) is 0 Å². The van der Waals surface area contributed by atoms with Crippen molar-refractivity contribution in [3.63, 3.8) is 0 Å². The molecule has 1 amide bonds. The summed E-state index contributed by atoms with van der Waals surface area (Å²) < 4.78 is 11.7. The molecule has 7 nitrogen and oxygen atoms in total. The van der Waals surface area contributed by atoms with Gasteiger partial charge < -0.3 is 25.4 Å². The summed E-state index contributed by atoms with van der Waals surface area (Å²) in [6.45, 7) is 4.60. The van der Waals surface area contributed by atoms with E-state index in [0.29, 0.717) is 25.7 Å². The summed E-state index contributed by atoms with van der Waals surface area (Å²) in [7, 11) is 1.68. The second-order valence-corrected chi connectivity index (χ2v) is 7.60. The van der Waals surface area contributed by atoms with E-state index in [4.69, 9.17) is 9.47 Å². The molecule has 1 heterocycles. The summed E-state index contributed by atoms with van der Waals surface area (Å²) in [4.78, 5) is 16.3. The zero-order valence-electron chi connectivity index (χ0n) is 18.7. The van der Waals surface area contributed by atoms with E-state index in [1.165, 1.54) is 0 Å².